The van der Waals surface area contributed by atoms with Crippen LogP contribution in [0.2, 0.25) is 0 Å². The second-order valence-electron chi connectivity index (χ2n) is 5.80. The fraction of sp³-hybridized carbons (Fsp3) is 0.571. The van der Waals surface area contributed by atoms with E-state index in [1.54, 1.807) is 31.6 Å². The Morgan fingerprint density at radius 2 is 1.95 bits per heavy atom. The molecule has 118 valence electrons. The Kier molecular flexibility index (Phi) is 3.82. The van der Waals surface area contributed by atoms with Crippen LogP contribution in [0.3, 0.4) is 0 Å². The third-order valence-electron chi connectivity index (χ3n) is 4.20. The molecule has 8 nitrogen and oxygen atoms in total. The van der Waals surface area contributed by atoms with E-state index in [9.17, 15) is 4.79 Å². The van der Waals surface area contributed by atoms with E-state index in [0.717, 1.165) is 37.3 Å². The van der Waals surface area contributed by atoms with Crippen molar-refractivity contribution in [3.63, 3.8) is 0 Å². The summed E-state index contributed by atoms with van der Waals surface area (Å²) in [6.07, 6.45) is 5.04. The summed E-state index contributed by atoms with van der Waals surface area (Å²) in [6.45, 7) is 1.72. The number of rotatable bonds is 2. The quantitative estimate of drug-likeness (QED) is 0.893. The highest BCUT2D eigenvalue weighted by atomic mass is 16.2. The number of hydrogen-bond acceptors (Lipinski definition) is 5. The van der Waals surface area contributed by atoms with E-state index < -0.39 is 0 Å². The molecule has 0 unspecified atom stereocenters. The average Bonchev–Trinajstić information content (AvgIpc) is 3.02. The normalized spacial score (nSPS) is 16.0. The molecule has 0 aromatic carbocycles. The molecule has 0 spiro atoms. The standard InChI is InChI=1S/C14H21N7O/c1-19(2)14(22)20(3)10-4-6-21(7-5-10)13-11-12(16-8-15-11)17-9-18-13/h8-10H,4-7H2,1-3H3,(H,15,16,17,18). The van der Waals surface area contributed by atoms with Crippen LogP contribution < -0.4 is 4.90 Å². The first-order valence-corrected chi connectivity index (χ1v) is 7.41. The molecule has 3 heterocycles. The third kappa shape index (κ3) is 2.56. The number of carbonyl (C=O) groups excluding carboxylic acids is 1. The van der Waals surface area contributed by atoms with Crippen LogP contribution in [-0.4, -0.2) is 76.0 Å². The Balaban J connectivity index is 1.69. The first kappa shape index (κ1) is 14.6. The second kappa shape index (κ2) is 5.78. The van der Waals surface area contributed by atoms with Crippen molar-refractivity contribution in [2.24, 2.45) is 0 Å². The zero-order chi connectivity index (χ0) is 15.7. The fourth-order valence-corrected chi connectivity index (χ4v) is 2.93. The molecule has 0 saturated carbocycles. The number of nitrogens with one attached hydrogen (secondary N) is 1. The fourth-order valence-electron chi connectivity index (χ4n) is 2.93. The Morgan fingerprint density at radius 1 is 1.23 bits per heavy atom. The molecular formula is C14H21N7O. The summed E-state index contributed by atoms with van der Waals surface area (Å²) in [5, 5.41) is 0. The molecule has 1 aliphatic heterocycles. The number of anilines is 1. The van der Waals surface area contributed by atoms with Crippen LogP contribution in [0.4, 0.5) is 10.6 Å². The van der Waals surface area contributed by atoms with Crippen molar-refractivity contribution in [1.29, 1.82) is 0 Å². The lowest BCUT2D eigenvalue weighted by molar-refractivity contribution is 0.155. The number of nitrogens with zero attached hydrogens (tertiary/aromatic N) is 6. The molecule has 2 aromatic rings. The van der Waals surface area contributed by atoms with E-state index in [4.69, 9.17) is 0 Å². The van der Waals surface area contributed by atoms with Gasteiger partial charge in [-0.25, -0.2) is 19.7 Å². The topological polar surface area (TPSA) is 81.2 Å². The molecule has 2 amide bonds. The highest BCUT2D eigenvalue weighted by molar-refractivity contribution is 5.82. The second-order valence-corrected chi connectivity index (χ2v) is 5.80. The molecule has 0 bridgehead atoms. The molecule has 1 aliphatic rings. The van der Waals surface area contributed by atoms with Gasteiger partial charge in [-0.3, -0.25) is 0 Å². The Bertz CT molecular complexity index is 660. The average molecular weight is 303 g/mol. The largest absolute Gasteiger partial charge is 0.355 e. The lowest BCUT2D eigenvalue weighted by atomic mass is 10.0. The number of imidazole rings is 1. The van der Waals surface area contributed by atoms with Crippen LogP contribution in [0.5, 0.6) is 0 Å². The van der Waals surface area contributed by atoms with Crippen LogP contribution in [-0.2, 0) is 0 Å². The monoisotopic (exact) mass is 303 g/mol. The lowest BCUT2D eigenvalue weighted by Gasteiger charge is -2.38. The molecular weight excluding hydrogens is 282 g/mol. The number of hydrogen-bond donors (Lipinski definition) is 1. The van der Waals surface area contributed by atoms with Gasteiger partial charge < -0.3 is 19.7 Å². The van der Waals surface area contributed by atoms with E-state index in [-0.39, 0.29) is 12.1 Å². The third-order valence-corrected chi connectivity index (χ3v) is 4.20. The van der Waals surface area contributed by atoms with E-state index in [0.29, 0.717) is 5.65 Å². The van der Waals surface area contributed by atoms with Gasteiger partial charge >= 0.3 is 6.03 Å². The van der Waals surface area contributed by atoms with E-state index >= 15 is 0 Å². The summed E-state index contributed by atoms with van der Waals surface area (Å²) >= 11 is 0. The minimum atomic E-state index is 0.0523. The first-order valence-electron chi connectivity index (χ1n) is 7.41. The van der Waals surface area contributed by atoms with Crippen LogP contribution >= 0.6 is 0 Å². The molecule has 3 rings (SSSR count). The predicted molar refractivity (Wildman–Crippen MR) is 83.8 cm³/mol. The molecule has 1 N–H and O–H groups in total. The van der Waals surface area contributed by atoms with Gasteiger partial charge in [-0.1, -0.05) is 0 Å². The van der Waals surface area contributed by atoms with Crippen LogP contribution in [0, 0.1) is 0 Å². The zero-order valence-electron chi connectivity index (χ0n) is 13.2. The van der Waals surface area contributed by atoms with Crippen molar-refractivity contribution in [2.45, 2.75) is 18.9 Å². The summed E-state index contributed by atoms with van der Waals surface area (Å²) in [6, 6.07) is 0.321. The maximum absolute atomic E-state index is 12.0. The van der Waals surface area contributed by atoms with Gasteiger partial charge in [-0.05, 0) is 12.8 Å². The number of aromatic nitrogens is 4. The number of piperidine rings is 1. The summed E-state index contributed by atoms with van der Waals surface area (Å²) < 4.78 is 0. The van der Waals surface area contributed by atoms with Gasteiger partial charge in [-0.2, -0.15) is 0 Å². The maximum atomic E-state index is 12.0. The molecule has 0 radical (unpaired) electrons. The van der Waals surface area contributed by atoms with Crippen LogP contribution in [0.1, 0.15) is 12.8 Å². The minimum absolute atomic E-state index is 0.0523. The number of fused-ring (bicyclic) bond motifs is 1. The van der Waals surface area contributed by atoms with Gasteiger partial charge in [0, 0.05) is 40.3 Å². The van der Waals surface area contributed by atoms with Crippen molar-refractivity contribution in [3.8, 4) is 0 Å². The number of carbonyl (C=O) groups is 1. The van der Waals surface area contributed by atoms with Gasteiger partial charge in [0.2, 0.25) is 0 Å². The van der Waals surface area contributed by atoms with E-state index in [1.165, 1.54) is 0 Å². The lowest BCUT2D eigenvalue weighted by Crippen LogP contribution is -2.48. The zero-order valence-corrected chi connectivity index (χ0v) is 13.2. The summed E-state index contributed by atoms with van der Waals surface area (Å²) in [4.78, 5) is 33.5. The van der Waals surface area contributed by atoms with Gasteiger partial charge in [0.05, 0.1) is 6.33 Å². The molecule has 2 aromatic heterocycles. The Hall–Kier alpha value is -2.38. The molecule has 0 atom stereocenters. The molecule has 1 saturated heterocycles. The number of aromatic amines is 1. The number of urea groups is 1. The van der Waals surface area contributed by atoms with Crippen molar-refractivity contribution in [1.82, 2.24) is 29.7 Å². The van der Waals surface area contributed by atoms with Gasteiger partial charge in [0.15, 0.2) is 11.5 Å². The molecule has 22 heavy (non-hydrogen) atoms. The Labute approximate surface area is 129 Å². The Morgan fingerprint density at radius 3 is 2.64 bits per heavy atom. The molecule has 1 fully saturated rings. The van der Waals surface area contributed by atoms with Gasteiger partial charge in [0.25, 0.3) is 0 Å². The first-order chi connectivity index (χ1) is 10.6. The summed E-state index contributed by atoms with van der Waals surface area (Å²) in [5.41, 5.74) is 1.56. The van der Waals surface area contributed by atoms with Gasteiger partial charge in [-0.15, -0.1) is 0 Å². The summed E-state index contributed by atoms with van der Waals surface area (Å²) in [5.74, 6) is 0.891. The minimum Gasteiger partial charge on any atom is -0.355 e. The number of amides is 2. The maximum Gasteiger partial charge on any atom is 0.319 e. The number of H-pyrrole nitrogens is 1. The highest BCUT2D eigenvalue weighted by Gasteiger charge is 2.27. The molecule has 8 heteroatoms. The van der Waals surface area contributed by atoms with Crippen LogP contribution in [0.15, 0.2) is 12.7 Å². The predicted octanol–water partition coefficient (Wildman–Crippen LogP) is 0.935. The van der Waals surface area contributed by atoms with E-state index in [1.807, 2.05) is 11.9 Å². The van der Waals surface area contributed by atoms with Crippen molar-refractivity contribution in [3.05, 3.63) is 12.7 Å². The van der Waals surface area contributed by atoms with Crippen molar-refractivity contribution in [2.75, 3.05) is 39.1 Å². The molecule has 0 aliphatic carbocycles. The van der Waals surface area contributed by atoms with Gasteiger partial charge in [0.1, 0.15) is 11.8 Å². The smallest absolute Gasteiger partial charge is 0.319 e. The van der Waals surface area contributed by atoms with Crippen molar-refractivity contribution < 1.29 is 4.79 Å². The van der Waals surface area contributed by atoms with Crippen LogP contribution in [0.25, 0.3) is 11.2 Å². The highest BCUT2D eigenvalue weighted by Crippen LogP contribution is 2.24. The van der Waals surface area contributed by atoms with Crippen molar-refractivity contribution >= 4 is 23.0 Å². The summed E-state index contributed by atoms with van der Waals surface area (Å²) in [7, 11) is 5.44. The van der Waals surface area contributed by atoms with E-state index in [2.05, 4.69) is 24.8 Å². The SMILES string of the molecule is CN(C)C(=O)N(C)C1CCN(c2ncnc3nc[nH]c23)CC1.